The van der Waals surface area contributed by atoms with Gasteiger partial charge >= 0.3 is 0 Å². The molecule has 5 nitrogen and oxygen atoms in total. The fourth-order valence-electron chi connectivity index (χ4n) is 5.00. The smallest absolute Gasteiger partial charge is 0.214 e. The second-order valence-corrected chi connectivity index (χ2v) is 12.7. The lowest BCUT2D eigenvalue weighted by molar-refractivity contribution is -0.667. The van der Waals surface area contributed by atoms with Crippen molar-refractivity contribution in [3.8, 4) is 0 Å². The van der Waals surface area contributed by atoms with E-state index in [1.165, 1.54) is 49.5 Å². The van der Waals surface area contributed by atoms with Gasteiger partial charge in [-0.05, 0) is 68.1 Å². The van der Waals surface area contributed by atoms with Crippen LogP contribution in [0.2, 0.25) is 5.02 Å². The van der Waals surface area contributed by atoms with E-state index in [4.69, 9.17) is 11.6 Å². The van der Waals surface area contributed by atoms with E-state index in [9.17, 15) is 13.0 Å². The number of hydrogen-bond donors (Lipinski definition) is 0. The Balaban J connectivity index is 0.000000271. The Morgan fingerprint density at radius 2 is 1.71 bits per heavy atom. The molecule has 4 aromatic carbocycles. The lowest BCUT2D eigenvalue weighted by atomic mass is 10.1. The Labute approximate surface area is 256 Å². The van der Waals surface area contributed by atoms with Gasteiger partial charge in [-0.25, -0.2) is 8.42 Å². The van der Waals surface area contributed by atoms with Crippen LogP contribution in [-0.4, -0.2) is 19.5 Å². The van der Waals surface area contributed by atoms with Crippen molar-refractivity contribution in [1.29, 1.82) is 0 Å². The maximum Gasteiger partial charge on any atom is 0.214 e. The zero-order valence-electron chi connectivity index (χ0n) is 23.6. The van der Waals surface area contributed by atoms with E-state index in [0.29, 0.717) is 0 Å². The van der Waals surface area contributed by atoms with Crippen LogP contribution in [0, 0.1) is 6.92 Å². The molecular formula is C34H31ClN2O3S2. The first kappa shape index (κ1) is 29.9. The van der Waals surface area contributed by atoms with Gasteiger partial charge in [-0.2, -0.15) is 4.57 Å². The van der Waals surface area contributed by atoms with Gasteiger partial charge in [0.05, 0.1) is 21.0 Å². The van der Waals surface area contributed by atoms with Gasteiger partial charge in [0.15, 0.2) is 6.20 Å². The van der Waals surface area contributed by atoms with Crippen LogP contribution in [0.4, 0.5) is 5.69 Å². The Hall–Kier alpha value is -3.62. The number of pyridine rings is 1. The number of aromatic nitrogens is 1. The van der Waals surface area contributed by atoms with Crippen molar-refractivity contribution >= 4 is 66.9 Å². The number of thioether (sulfide) groups is 1. The molecule has 42 heavy (non-hydrogen) atoms. The van der Waals surface area contributed by atoms with Crippen LogP contribution in [0.5, 0.6) is 0 Å². The quantitative estimate of drug-likeness (QED) is 0.147. The van der Waals surface area contributed by atoms with Gasteiger partial charge in [0.2, 0.25) is 5.52 Å². The number of anilines is 1. The third kappa shape index (κ3) is 6.40. The van der Waals surface area contributed by atoms with E-state index >= 15 is 0 Å². The summed E-state index contributed by atoms with van der Waals surface area (Å²) in [5, 5.41) is 5.84. The summed E-state index contributed by atoms with van der Waals surface area (Å²) in [6.45, 7) is 8.04. The van der Waals surface area contributed by atoms with Crippen LogP contribution in [0.25, 0.3) is 27.8 Å². The molecule has 214 valence electrons. The summed E-state index contributed by atoms with van der Waals surface area (Å²) in [5.41, 5.74) is 4.61. The number of aryl methyl sites for hydroxylation is 2. The molecule has 1 aliphatic rings. The first-order valence-corrected chi connectivity index (χ1v) is 16.3. The van der Waals surface area contributed by atoms with Crippen LogP contribution in [0.3, 0.4) is 0 Å². The van der Waals surface area contributed by atoms with Crippen LogP contribution in [0.15, 0.2) is 118 Å². The van der Waals surface area contributed by atoms with Crippen molar-refractivity contribution in [2.75, 3.05) is 11.4 Å². The molecule has 0 fully saturated rings. The number of nitrogens with zero attached hydrogens (tertiary/aromatic N) is 2. The van der Waals surface area contributed by atoms with Gasteiger partial charge in [-0.1, -0.05) is 83.5 Å². The average Bonchev–Trinajstić information content (AvgIpc) is 3.35. The lowest BCUT2D eigenvalue weighted by Crippen LogP contribution is -2.32. The summed E-state index contributed by atoms with van der Waals surface area (Å²) in [5.74, 6) is 0. The van der Waals surface area contributed by atoms with Crippen molar-refractivity contribution < 1.29 is 17.5 Å². The van der Waals surface area contributed by atoms with Crippen molar-refractivity contribution in [3.63, 3.8) is 0 Å². The minimum absolute atomic E-state index is 0.178. The average molecular weight is 615 g/mol. The normalized spacial score (nSPS) is 14.0. The summed E-state index contributed by atoms with van der Waals surface area (Å²) in [4.78, 5) is 3.56. The Morgan fingerprint density at radius 3 is 2.43 bits per heavy atom. The maximum absolute atomic E-state index is 10.4. The number of hydrogen-bond acceptors (Lipinski definition) is 5. The van der Waals surface area contributed by atoms with Crippen LogP contribution in [-0.2, 0) is 16.7 Å². The van der Waals surface area contributed by atoms with Crippen LogP contribution in [0.1, 0.15) is 25.0 Å². The summed E-state index contributed by atoms with van der Waals surface area (Å²) in [6, 6.07) is 27.2. The molecule has 0 aliphatic carbocycles. The van der Waals surface area contributed by atoms with Crippen molar-refractivity contribution in [2.45, 2.75) is 37.1 Å². The van der Waals surface area contributed by atoms with Gasteiger partial charge in [-0.3, -0.25) is 0 Å². The molecule has 0 bridgehead atoms. The zero-order chi connectivity index (χ0) is 29.9. The molecule has 6 rings (SSSR count). The molecule has 0 spiro atoms. The topological polar surface area (TPSA) is 64.3 Å². The molecule has 1 aliphatic heterocycles. The van der Waals surface area contributed by atoms with Gasteiger partial charge in [0.25, 0.3) is 0 Å². The highest BCUT2D eigenvalue weighted by molar-refractivity contribution is 8.03. The highest BCUT2D eigenvalue weighted by Crippen LogP contribution is 2.49. The van der Waals surface area contributed by atoms with Gasteiger partial charge < -0.3 is 9.45 Å². The minimum atomic E-state index is -4.27. The fourth-order valence-corrected chi connectivity index (χ4v) is 6.79. The number of halogens is 1. The lowest BCUT2D eigenvalue weighted by Gasteiger charge is -2.19. The molecule has 0 amide bonds. The summed E-state index contributed by atoms with van der Waals surface area (Å²) >= 11 is 8.10. The molecule has 0 saturated carbocycles. The van der Waals surface area contributed by atoms with E-state index < -0.39 is 10.1 Å². The van der Waals surface area contributed by atoms with E-state index in [2.05, 4.69) is 96.3 Å². The molecule has 0 atom stereocenters. The Bertz CT molecular complexity index is 1940. The highest BCUT2D eigenvalue weighted by Gasteiger charge is 2.25. The Kier molecular flexibility index (Phi) is 9.04. The monoisotopic (exact) mass is 614 g/mol. The van der Waals surface area contributed by atoms with Crippen molar-refractivity contribution in [2.24, 2.45) is 0 Å². The number of fused-ring (bicyclic) bond motifs is 4. The predicted molar refractivity (Wildman–Crippen MR) is 174 cm³/mol. The molecule has 2 heterocycles. The number of allylic oxidation sites excluding steroid dienone is 2. The molecular weight excluding hydrogens is 584 g/mol. The standard InChI is InChI=1S/C27H24ClN2S.C7H8O3S/c1-3-29-17-16-20(22-14-13-21(28)18-24(22)29)9-7-11-26-30(4-2)27-23-10-6-5-8-19(23)12-15-25(27)31-26;1-6-2-4-7(5-3-6)11(8,9)10/h5-18H,3-4H2,1-2H3;2-5H,1H3,(H,8,9,10)/q+1;/p-1. The fraction of sp³-hybridized carbons (Fsp3) is 0.147. The van der Waals surface area contributed by atoms with Gasteiger partial charge in [0.1, 0.15) is 16.7 Å². The van der Waals surface area contributed by atoms with E-state index in [1.807, 2.05) is 30.8 Å². The first-order chi connectivity index (χ1) is 20.2. The molecule has 1 aromatic heterocycles. The van der Waals surface area contributed by atoms with E-state index in [0.717, 1.165) is 29.2 Å². The summed E-state index contributed by atoms with van der Waals surface area (Å²) in [6.07, 6.45) is 8.72. The first-order valence-electron chi connectivity index (χ1n) is 13.7. The SMILES string of the molecule is CCN1C(=CC=Cc2cc[n+](CC)c3cc(Cl)ccc23)Sc2ccc3ccccc3c21.Cc1ccc(S(=O)(=O)[O-])cc1. The van der Waals surface area contributed by atoms with E-state index in [1.54, 1.807) is 12.1 Å². The largest absolute Gasteiger partial charge is 0.744 e. The summed E-state index contributed by atoms with van der Waals surface area (Å²) < 4.78 is 33.4. The molecule has 0 N–H and O–H groups in total. The van der Waals surface area contributed by atoms with Gasteiger partial charge in [-0.15, -0.1) is 0 Å². The minimum Gasteiger partial charge on any atom is -0.744 e. The van der Waals surface area contributed by atoms with Crippen LogP contribution >= 0.6 is 23.4 Å². The second-order valence-electron chi connectivity index (χ2n) is 9.83. The van der Waals surface area contributed by atoms with E-state index in [-0.39, 0.29) is 4.90 Å². The maximum atomic E-state index is 10.4. The predicted octanol–water partition coefficient (Wildman–Crippen LogP) is 8.34. The molecule has 8 heteroatoms. The molecule has 5 aromatic rings. The molecule has 0 unspecified atom stereocenters. The molecule has 0 radical (unpaired) electrons. The second kappa shape index (κ2) is 12.7. The molecule has 0 saturated heterocycles. The summed E-state index contributed by atoms with van der Waals surface area (Å²) in [7, 11) is -4.27. The Morgan fingerprint density at radius 1 is 0.952 bits per heavy atom. The number of benzene rings is 4. The number of rotatable bonds is 5. The third-order valence-electron chi connectivity index (χ3n) is 7.11. The highest BCUT2D eigenvalue weighted by atomic mass is 35.5. The third-order valence-corrected chi connectivity index (χ3v) is 9.31. The van der Waals surface area contributed by atoms with Crippen molar-refractivity contribution in [1.82, 2.24) is 0 Å². The van der Waals surface area contributed by atoms with Crippen molar-refractivity contribution in [3.05, 3.63) is 124 Å². The zero-order valence-corrected chi connectivity index (χ0v) is 26.0. The van der Waals surface area contributed by atoms with Gasteiger partial charge in [0, 0.05) is 34.0 Å². The van der Waals surface area contributed by atoms with Crippen LogP contribution < -0.4 is 9.47 Å².